The number of carbonyl (C=O) groups is 1. The summed E-state index contributed by atoms with van der Waals surface area (Å²) in [6.07, 6.45) is 0. The first-order valence-electron chi connectivity index (χ1n) is 7.73. The molecule has 24 heavy (non-hydrogen) atoms. The molecule has 1 N–H and O–H groups in total. The molecule has 1 aromatic carbocycles. The fourth-order valence-electron chi connectivity index (χ4n) is 1.99. The van der Waals surface area contributed by atoms with E-state index in [9.17, 15) is 4.79 Å². The predicted octanol–water partition coefficient (Wildman–Crippen LogP) is 2.74. The van der Waals surface area contributed by atoms with E-state index < -0.39 is 0 Å². The van der Waals surface area contributed by atoms with Crippen LogP contribution in [0.25, 0.3) is 0 Å². The van der Waals surface area contributed by atoms with Crippen LogP contribution in [-0.4, -0.2) is 53.6 Å². The summed E-state index contributed by atoms with van der Waals surface area (Å²) < 4.78 is 5.77. The average molecular weight is 367 g/mol. The molecule has 8 heteroatoms. The average Bonchev–Trinajstić information content (AvgIpc) is 3.06. The maximum atomic E-state index is 12.4. The van der Waals surface area contributed by atoms with Gasteiger partial charge in [-0.15, -0.1) is 10.2 Å². The summed E-state index contributed by atoms with van der Waals surface area (Å²) in [5.74, 6) is 0.475. The Morgan fingerprint density at radius 2 is 2.12 bits per heavy atom. The third kappa shape index (κ3) is 6.10. The van der Waals surface area contributed by atoms with E-state index in [1.807, 2.05) is 42.2 Å². The number of anilines is 1. The molecular weight excluding hydrogens is 344 g/mol. The first-order valence-corrected chi connectivity index (χ1v) is 9.54. The molecule has 0 aliphatic carbocycles. The van der Waals surface area contributed by atoms with Gasteiger partial charge in [0.15, 0.2) is 4.34 Å². The van der Waals surface area contributed by atoms with Crippen molar-refractivity contribution >= 4 is 34.1 Å². The molecule has 0 bridgehead atoms. The zero-order valence-corrected chi connectivity index (χ0v) is 15.5. The largest absolute Gasteiger partial charge is 0.383 e. The Balaban J connectivity index is 1.80. The molecule has 1 aromatic heterocycles. The molecule has 0 aliphatic rings. The van der Waals surface area contributed by atoms with Gasteiger partial charge in [0.2, 0.25) is 11.0 Å². The van der Waals surface area contributed by atoms with Crippen molar-refractivity contribution in [2.45, 2.75) is 17.8 Å². The van der Waals surface area contributed by atoms with Gasteiger partial charge in [0.1, 0.15) is 0 Å². The standard InChI is InChI=1S/C16H22N4O2S2/c1-3-20(11-13-7-5-4-6-8-13)14(21)12-23-16-19-18-15(24-16)17-9-10-22-2/h4-8H,3,9-12H2,1-2H3,(H,17,18). The number of carbonyl (C=O) groups excluding carboxylic acids is 1. The van der Waals surface area contributed by atoms with Gasteiger partial charge >= 0.3 is 0 Å². The second-order valence-corrected chi connectivity index (χ2v) is 7.17. The van der Waals surface area contributed by atoms with Crippen LogP contribution >= 0.6 is 23.1 Å². The minimum Gasteiger partial charge on any atom is -0.383 e. The first kappa shape index (κ1) is 18.7. The summed E-state index contributed by atoms with van der Waals surface area (Å²) in [5, 5.41) is 12.0. The maximum Gasteiger partial charge on any atom is 0.233 e. The van der Waals surface area contributed by atoms with Crippen LogP contribution in [0.3, 0.4) is 0 Å². The second-order valence-electron chi connectivity index (χ2n) is 4.97. The van der Waals surface area contributed by atoms with E-state index >= 15 is 0 Å². The normalized spacial score (nSPS) is 10.6. The number of hydrogen-bond acceptors (Lipinski definition) is 7. The summed E-state index contributed by atoms with van der Waals surface area (Å²) in [7, 11) is 1.66. The first-order chi connectivity index (χ1) is 11.7. The Bertz CT molecular complexity index is 622. The van der Waals surface area contributed by atoms with Crippen molar-refractivity contribution in [1.29, 1.82) is 0 Å². The third-order valence-corrected chi connectivity index (χ3v) is 5.26. The highest BCUT2D eigenvalue weighted by molar-refractivity contribution is 8.01. The van der Waals surface area contributed by atoms with Gasteiger partial charge in [0.25, 0.3) is 0 Å². The monoisotopic (exact) mass is 366 g/mol. The molecule has 0 atom stereocenters. The van der Waals surface area contributed by atoms with Crippen molar-refractivity contribution in [2.75, 3.05) is 37.9 Å². The van der Waals surface area contributed by atoms with Crippen molar-refractivity contribution in [2.24, 2.45) is 0 Å². The van der Waals surface area contributed by atoms with Crippen LogP contribution in [-0.2, 0) is 16.1 Å². The molecular formula is C16H22N4O2S2. The van der Waals surface area contributed by atoms with Gasteiger partial charge in [-0.25, -0.2) is 0 Å². The lowest BCUT2D eigenvalue weighted by atomic mass is 10.2. The molecule has 2 aromatic rings. The highest BCUT2D eigenvalue weighted by Crippen LogP contribution is 2.25. The van der Waals surface area contributed by atoms with Crippen LogP contribution in [0.15, 0.2) is 34.7 Å². The summed E-state index contributed by atoms with van der Waals surface area (Å²) in [4.78, 5) is 14.2. The minimum absolute atomic E-state index is 0.107. The molecule has 1 amide bonds. The Kier molecular flexibility index (Phi) is 8.00. The Morgan fingerprint density at radius 1 is 1.33 bits per heavy atom. The Hall–Kier alpha value is -1.64. The molecule has 130 valence electrons. The predicted molar refractivity (Wildman–Crippen MR) is 98.5 cm³/mol. The van der Waals surface area contributed by atoms with Crippen molar-refractivity contribution in [3.8, 4) is 0 Å². The molecule has 0 unspecified atom stereocenters. The molecule has 0 radical (unpaired) electrons. The number of methoxy groups -OCH3 is 1. The zero-order valence-electron chi connectivity index (χ0n) is 13.9. The number of nitrogens with one attached hydrogen (secondary N) is 1. The van der Waals surface area contributed by atoms with Gasteiger partial charge in [-0.05, 0) is 12.5 Å². The fraction of sp³-hybridized carbons (Fsp3) is 0.438. The summed E-state index contributed by atoms with van der Waals surface area (Å²) in [6.45, 7) is 4.63. The van der Waals surface area contributed by atoms with Crippen molar-refractivity contribution in [3.05, 3.63) is 35.9 Å². The topological polar surface area (TPSA) is 67.4 Å². The molecule has 0 aliphatic heterocycles. The van der Waals surface area contributed by atoms with Crippen molar-refractivity contribution < 1.29 is 9.53 Å². The van der Waals surface area contributed by atoms with Crippen LogP contribution in [0.2, 0.25) is 0 Å². The molecule has 0 spiro atoms. The van der Waals surface area contributed by atoms with Crippen LogP contribution in [0, 0.1) is 0 Å². The van der Waals surface area contributed by atoms with Gasteiger partial charge in [0, 0.05) is 26.7 Å². The highest BCUT2D eigenvalue weighted by atomic mass is 32.2. The lowest BCUT2D eigenvalue weighted by Gasteiger charge is -2.20. The maximum absolute atomic E-state index is 12.4. The molecule has 0 saturated heterocycles. The number of benzene rings is 1. The van der Waals surface area contributed by atoms with Crippen molar-refractivity contribution in [1.82, 2.24) is 15.1 Å². The van der Waals surface area contributed by atoms with Gasteiger partial charge < -0.3 is 15.0 Å². The SMILES string of the molecule is CCN(Cc1ccccc1)C(=O)CSc1nnc(NCCOC)s1. The number of aromatic nitrogens is 2. The van der Waals surface area contributed by atoms with E-state index in [1.54, 1.807) is 7.11 Å². The summed E-state index contributed by atoms with van der Waals surface area (Å²) in [6, 6.07) is 10.0. The lowest BCUT2D eigenvalue weighted by Crippen LogP contribution is -2.31. The summed E-state index contributed by atoms with van der Waals surface area (Å²) >= 11 is 2.88. The van der Waals surface area contributed by atoms with Gasteiger partial charge in [0.05, 0.1) is 12.4 Å². The minimum atomic E-state index is 0.107. The fourth-order valence-corrected chi connectivity index (χ4v) is 3.67. The second kappa shape index (κ2) is 10.3. The van der Waals surface area contributed by atoms with E-state index in [-0.39, 0.29) is 5.91 Å². The number of hydrogen-bond donors (Lipinski definition) is 1. The van der Waals surface area contributed by atoms with Gasteiger partial charge in [-0.2, -0.15) is 0 Å². The van der Waals surface area contributed by atoms with E-state index in [2.05, 4.69) is 15.5 Å². The van der Waals surface area contributed by atoms with Crippen LogP contribution in [0.1, 0.15) is 12.5 Å². The van der Waals surface area contributed by atoms with Gasteiger partial charge in [-0.3, -0.25) is 4.79 Å². The lowest BCUT2D eigenvalue weighted by molar-refractivity contribution is -0.128. The smallest absolute Gasteiger partial charge is 0.233 e. The van der Waals surface area contributed by atoms with E-state index in [0.717, 1.165) is 15.0 Å². The van der Waals surface area contributed by atoms with E-state index in [0.29, 0.717) is 32.0 Å². The van der Waals surface area contributed by atoms with Crippen LogP contribution in [0.4, 0.5) is 5.13 Å². The van der Waals surface area contributed by atoms with Gasteiger partial charge in [-0.1, -0.05) is 53.4 Å². The zero-order chi connectivity index (χ0) is 17.2. The quantitative estimate of drug-likeness (QED) is 0.515. The molecule has 1 heterocycles. The van der Waals surface area contributed by atoms with Crippen molar-refractivity contribution in [3.63, 3.8) is 0 Å². The van der Waals surface area contributed by atoms with E-state index in [4.69, 9.17) is 4.74 Å². The van der Waals surface area contributed by atoms with Crippen LogP contribution < -0.4 is 5.32 Å². The summed E-state index contributed by atoms with van der Waals surface area (Å²) in [5.41, 5.74) is 1.14. The number of thioether (sulfide) groups is 1. The third-order valence-electron chi connectivity index (χ3n) is 3.26. The molecule has 6 nitrogen and oxygen atoms in total. The Labute approximate surface area is 150 Å². The molecule has 0 saturated carbocycles. The number of ether oxygens (including phenoxy) is 1. The van der Waals surface area contributed by atoms with E-state index in [1.165, 1.54) is 23.1 Å². The number of rotatable bonds is 10. The number of nitrogens with zero attached hydrogens (tertiary/aromatic N) is 3. The molecule has 0 fully saturated rings. The highest BCUT2D eigenvalue weighted by Gasteiger charge is 2.14. The molecule has 2 rings (SSSR count). The number of amides is 1. The Morgan fingerprint density at radius 3 is 2.83 bits per heavy atom. The van der Waals surface area contributed by atoms with Crippen LogP contribution in [0.5, 0.6) is 0 Å².